The molecule has 1 aromatic heterocycles. The van der Waals surface area contributed by atoms with E-state index in [1.807, 2.05) is 21.7 Å². The average Bonchev–Trinajstić information content (AvgIpc) is 3.36. The summed E-state index contributed by atoms with van der Waals surface area (Å²) in [6.45, 7) is 5.16. The Morgan fingerprint density at radius 3 is 2.82 bits per heavy atom. The third-order valence-electron chi connectivity index (χ3n) is 5.92. The summed E-state index contributed by atoms with van der Waals surface area (Å²) in [6.07, 6.45) is 5.83. The van der Waals surface area contributed by atoms with Crippen LogP contribution in [0.15, 0.2) is 24.3 Å². The molecule has 5 nitrogen and oxygen atoms in total. The van der Waals surface area contributed by atoms with Crippen LogP contribution in [0.25, 0.3) is 0 Å². The molecule has 4 rings (SSSR count). The van der Waals surface area contributed by atoms with Gasteiger partial charge in [-0.25, -0.2) is 4.39 Å². The molecular formula is C22H29FN4O. The van der Waals surface area contributed by atoms with Crippen molar-refractivity contribution in [2.45, 2.75) is 64.6 Å². The van der Waals surface area contributed by atoms with Gasteiger partial charge in [-0.3, -0.25) is 9.48 Å². The molecule has 0 spiro atoms. The second-order valence-electron chi connectivity index (χ2n) is 7.91. The molecule has 1 aliphatic carbocycles. The van der Waals surface area contributed by atoms with Gasteiger partial charge in [0, 0.05) is 49.0 Å². The molecule has 1 N–H and O–H groups in total. The smallest absolute Gasteiger partial charge is 0.274 e. The predicted octanol–water partition coefficient (Wildman–Crippen LogP) is 3.32. The van der Waals surface area contributed by atoms with Crippen molar-refractivity contribution in [3.05, 3.63) is 52.6 Å². The van der Waals surface area contributed by atoms with Crippen LogP contribution >= 0.6 is 0 Å². The van der Waals surface area contributed by atoms with Gasteiger partial charge in [0.05, 0.1) is 0 Å². The van der Waals surface area contributed by atoms with Gasteiger partial charge in [-0.2, -0.15) is 5.10 Å². The minimum Gasteiger partial charge on any atom is -0.337 e. The predicted molar refractivity (Wildman–Crippen MR) is 107 cm³/mol. The first-order valence-electron chi connectivity index (χ1n) is 10.5. The summed E-state index contributed by atoms with van der Waals surface area (Å²) in [5.41, 5.74) is 3.64. The number of aryl methyl sites for hydroxylation is 1. The minimum atomic E-state index is -0.174. The molecule has 0 saturated carbocycles. The van der Waals surface area contributed by atoms with Gasteiger partial charge in [0.15, 0.2) is 5.69 Å². The fraction of sp³-hybridized carbons (Fsp3) is 0.545. The van der Waals surface area contributed by atoms with Crippen molar-refractivity contribution < 1.29 is 9.18 Å². The van der Waals surface area contributed by atoms with Crippen LogP contribution in [0.1, 0.15) is 59.9 Å². The van der Waals surface area contributed by atoms with Crippen molar-refractivity contribution in [1.82, 2.24) is 20.0 Å². The standard InChI is InChI=1S/C22H29FN4O/c1-2-11-27-20-10-9-17(24-15-16-7-3-4-8-19(16)23)14-18(20)21(25-27)22(28)26-12-5-6-13-26/h3-4,7-8,17,24H,2,5-6,9-15H2,1H3/t17-/m0/s1. The van der Waals surface area contributed by atoms with Crippen LogP contribution in [0.2, 0.25) is 0 Å². The highest BCUT2D eigenvalue weighted by molar-refractivity contribution is 5.94. The minimum absolute atomic E-state index is 0.0818. The number of amides is 1. The average molecular weight is 384 g/mol. The lowest BCUT2D eigenvalue weighted by molar-refractivity contribution is 0.0784. The highest BCUT2D eigenvalue weighted by atomic mass is 19.1. The lowest BCUT2D eigenvalue weighted by Gasteiger charge is -2.25. The van der Waals surface area contributed by atoms with E-state index < -0.39 is 0 Å². The molecule has 2 aromatic rings. The van der Waals surface area contributed by atoms with Crippen LogP contribution in [-0.4, -0.2) is 39.7 Å². The number of aromatic nitrogens is 2. The molecule has 2 heterocycles. The normalized spacial score (nSPS) is 19.1. The van der Waals surface area contributed by atoms with Gasteiger partial charge in [-0.1, -0.05) is 25.1 Å². The van der Waals surface area contributed by atoms with Crippen LogP contribution in [0.4, 0.5) is 4.39 Å². The first-order chi connectivity index (χ1) is 13.7. The summed E-state index contributed by atoms with van der Waals surface area (Å²) in [5.74, 6) is -0.0921. The van der Waals surface area contributed by atoms with E-state index in [0.29, 0.717) is 17.8 Å². The number of hydrogen-bond donors (Lipinski definition) is 1. The summed E-state index contributed by atoms with van der Waals surface area (Å²) in [5, 5.41) is 8.23. The highest BCUT2D eigenvalue weighted by Gasteiger charge is 2.31. The summed E-state index contributed by atoms with van der Waals surface area (Å²) in [6, 6.07) is 7.12. The molecular weight excluding hydrogens is 355 g/mol. The van der Waals surface area contributed by atoms with Crippen molar-refractivity contribution in [2.24, 2.45) is 0 Å². The zero-order chi connectivity index (χ0) is 19.5. The number of nitrogens with one attached hydrogen (secondary N) is 1. The maximum Gasteiger partial charge on any atom is 0.274 e. The molecule has 150 valence electrons. The topological polar surface area (TPSA) is 50.2 Å². The van der Waals surface area contributed by atoms with Crippen LogP contribution in [0.5, 0.6) is 0 Å². The zero-order valence-corrected chi connectivity index (χ0v) is 16.6. The summed E-state index contributed by atoms with van der Waals surface area (Å²) < 4.78 is 16.0. The highest BCUT2D eigenvalue weighted by Crippen LogP contribution is 2.27. The van der Waals surface area contributed by atoms with Crippen LogP contribution < -0.4 is 5.32 Å². The van der Waals surface area contributed by atoms with Gasteiger partial charge >= 0.3 is 0 Å². The molecule has 2 aliphatic rings. The molecule has 1 saturated heterocycles. The van der Waals surface area contributed by atoms with E-state index in [9.17, 15) is 9.18 Å². The number of likely N-dealkylation sites (tertiary alicyclic amines) is 1. The number of fused-ring (bicyclic) bond motifs is 1. The third-order valence-corrected chi connectivity index (χ3v) is 5.92. The Balaban J connectivity index is 1.52. The maximum atomic E-state index is 13.9. The number of hydrogen-bond acceptors (Lipinski definition) is 3. The Bertz CT molecular complexity index is 841. The van der Waals surface area contributed by atoms with Crippen LogP contribution in [0, 0.1) is 5.82 Å². The van der Waals surface area contributed by atoms with Crippen molar-refractivity contribution in [3.63, 3.8) is 0 Å². The Morgan fingerprint density at radius 1 is 1.29 bits per heavy atom. The van der Waals surface area contributed by atoms with Crippen molar-refractivity contribution >= 4 is 5.91 Å². The van der Waals surface area contributed by atoms with E-state index in [0.717, 1.165) is 63.7 Å². The number of benzene rings is 1. The van der Waals surface area contributed by atoms with Gasteiger partial charge in [0.25, 0.3) is 5.91 Å². The van der Waals surface area contributed by atoms with E-state index in [1.165, 1.54) is 11.8 Å². The largest absolute Gasteiger partial charge is 0.337 e. The summed E-state index contributed by atoms with van der Waals surface area (Å²) in [4.78, 5) is 15.0. The molecule has 0 unspecified atom stereocenters. The first kappa shape index (κ1) is 19.1. The maximum absolute atomic E-state index is 13.9. The van der Waals surface area contributed by atoms with E-state index in [-0.39, 0.29) is 17.8 Å². The van der Waals surface area contributed by atoms with E-state index in [1.54, 1.807) is 6.07 Å². The molecule has 0 radical (unpaired) electrons. The molecule has 1 amide bonds. The van der Waals surface area contributed by atoms with Gasteiger partial charge < -0.3 is 10.2 Å². The van der Waals surface area contributed by atoms with E-state index in [2.05, 4.69) is 12.2 Å². The second-order valence-corrected chi connectivity index (χ2v) is 7.91. The van der Waals surface area contributed by atoms with E-state index in [4.69, 9.17) is 5.10 Å². The van der Waals surface area contributed by atoms with Crippen molar-refractivity contribution in [3.8, 4) is 0 Å². The monoisotopic (exact) mass is 384 g/mol. The molecule has 28 heavy (non-hydrogen) atoms. The molecule has 1 aromatic carbocycles. The third kappa shape index (κ3) is 3.83. The number of rotatable bonds is 6. The van der Waals surface area contributed by atoms with E-state index >= 15 is 0 Å². The van der Waals surface area contributed by atoms with Crippen LogP contribution in [-0.2, 0) is 25.9 Å². The van der Waals surface area contributed by atoms with Gasteiger partial charge in [0.2, 0.25) is 0 Å². The fourth-order valence-corrected chi connectivity index (χ4v) is 4.40. The molecule has 6 heteroatoms. The molecule has 1 aliphatic heterocycles. The van der Waals surface area contributed by atoms with Gasteiger partial charge in [0.1, 0.15) is 5.82 Å². The summed E-state index contributed by atoms with van der Waals surface area (Å²) in [7, 11) is 0. The van der Waals surface area contributed by atoms with Crippen LogP contribution in [0.3, 0.4) is 0 Å². The number of halogens is 1. The molecule has 1 fully saturated rings. The Hall–Kier alpha value is -2.21. The summed E-state index contributed by atoms with van der Waals surface area (Å²) >= 11 is 0. The fourth-order valence-electron chi connectivity index (χ4n) is 4.40. The van der Waals surface area contributed by atoms with Gasteiger partial charge in [-0.05, 0) is 44.6 Å². The quantitative estimate of drug-likeness (QED) is 0.831. The Labute approximate surface area is 165 Å². The number of carbonyl (C=O) groups excluding carboxylic acids is 1. The van der Waals surface area contributed by atoms with Gasteiger partial charge in [-0.15, -0.1) is 0 Å². The Morgan fingerprint density at radius 2 is 2.07 bits per heavy atom. The number of nitrogens with zero attached hydrogens (tertiary/aromatic N) is 3. The Kier molecular flexibility index (Phi) is 5.76. The second kappa shape index (κ2) is 8.43. The SMILES string of the molecule is CCCn1nc(C(=O)N2CCCC2)c2c1CC[C@H](NCc1ccccc1F)C2. The van der Waals surface area contributed by atoms with Crippen molar-refractivity contribution in [1.29, 1.82) is 0 Å². The molecule has 1 atom stereocenters. The molecule has 0 bridgehead atoms. The zero-order valence-electron chi connectivity index (χ0n) is 16.6. The first-order valence-corrected chi connectivity index (χ1v) is 10.5. The number of carbonyl (C=O) groups is 1. The lowest BCUT2D eigenvalue weighted by Crippen LogP contribution is -2.36. The lowest BCUT2D eigenvalue weighted by atomic mass is 9.91. The van der Waals surface area contributed by atoms with Crippen molar-refractivity contribution in [2.75, 3.05) is 13.1 Å².